The number of nitrogens with one attached hydrogen (secondary N) is 2. The lowest BCUT2D eigenvalue weighted by molar-refractivity contribution is 0.0887. The summed E-state index contributed by atoms with van der Waals surface area (Å²) in [5, 5.41) is 10.4. The molecule has 6 heteroatoms. The summed E-state index contributed by atoms with van der Waals surface area (Å²) in [5.41, 5.74) is 0.384. The van der Waals surface area contributed by atoms with Gasteiger partial charge in [-0.05, 0) is 6.07 Å². The molecule has 0 saturated heterocycles. The van der Waals surface area contributed by atoms with Crippen LogP contribution in [0.3, 0.4) is 0 Å². The zero-order valence-electron chi connectivity index (χ0n) is 7.05. The minimum Gasteiger partial charge on any atom is -0.356 e. The molecule has 1 amide bonds. The number of amides is 1. The van der Waals surface area contributed by atoms with E-state index in [4.69, 9.17) is 5.26 Å². The first-order valence-electron chi connectivity index (χ1n) is 3.78. The standard InChI is InChI=1S/C8H7F2N3O/c9-7(10)4-13-8(14)6-1-5(2-11)3-12-6/h1,3,7,12H,4H2,(H,13,14). The smallest absolute Gasteiger partial charge is 0.267 e. The van der Waals surface area contributed by atoms with Crippen LogP contribution in [0.25, 0.3) is 0 Å². The van der Waals surface area contributed by atoms with Crippen LogP contribution in [0, 0.1) is 11.3 Å². The number of carbonyl (C=O) groups excluding carboxylic acids is 1. The summed E-state index contributed by atoms with van der Waals surface area (Å²) in [6.45, 7) is -0.695. The average Bonchev–Trinajstić information content (AvgIpc) is 2.62. The van der Waals surface area contributed by atoms with Crippen LogP contribution in [0.2, 0.25) is 0 Å². The number of alkyl halides is 2. The fraction of sp³-hybridized carbons (Fsp3) is 0.250. The van der Waals surface area contributed by atoms with E-state index in [-0.39, 0.29) is 11.3 Å². The predicted octanol–water partition coefficient (Wildman–Crippen LogP) is 0.881. The Hall–Kier alpha value is -1.90. The number of hydrogen-bond donors (Lipinski definition) is 2. The van der Waals surface area contributed by atoms with Gasteiger partial charge in [-0.25, -0.2) is 8.78 Å². The molecule has 0 unspecified atom stereocenters. The number of nitriles is 1. The maximum absolute atomic E-state index is 11.7. The Morgan fingerprint density at radius 2 is 2.43 bits per heavy atom. The van der Waals surface area contributed by atoms with Crippen LogP contribution in [0.15, 0.2) is 12.3 Å². The monoisotopic (exact) mass is 199 g/mol. The van der Waals surface area contributed by atoms with Crippen LogP contribution in [-0.2, 0) is 0 Å². The van der Waals surface area contributed by atoms with E-state index in [1.165, 1.54) is 12.3 Å². The lowest BCUT2D eigenvalue weighted by Gasteiger charge is -2.01. The van der Waals surface area contributed by atoms with Gasteiger partial charge in [0.15, 0.2) is 0 Å². The molecule has 0 atom stereocenters. The van der Waals surface area contributed by atoms with Crippen LogP contribution in [0.4, 0.5) is 8.78 Å². The molecule has 0 saturated carbocycles. The van der Waals surface area contributed by atoms with Crippen molar-refractivity contribution in [1.29, 1.82) is 5.26 Å². The molecule has 14 heavy (non-hydrogen) atoms. The minimum atomic E-state index is -2.58. The predicted molar refractivity (Wildman–Crippen MR) is 43.8 cm³/mol. The van der Waals surface area contributed by atoms with Crippen LogP contribution in [0.5, 0.6) is 0 Å². The highest BCUT2D eigenvalue weighted by molar-refractivity contribution is 5.92. The van der Waals surface area contributed by atoms with E-state index in [1.54, 1.807) is 0 Å². The fourth-order valence-corrected chi connectivity index (χ4v) is 0.855. The second-order valence-electron chi connectivity index (χ2n) is 2.51. The molecular weight excluding hydrogens is 192 g/mol. The number of hydrogen-bond acceptors (Lipinski definition) is 2. The molecule has 1 rings (SSSR count). The number of aromatic nitrogens is 1. The highest BCUT2D eigenvalue weighted by Gasteiger charge is 2.10. The number of rotatable bonds is 3. The molecule has 0 spiro atoms. The summed E-state index contributed by atoms with van der Waals surface area (Å²) in [6.07, 6.45) is -1.25. The zero-order chi connectivity index (χ0) is 10.6. The first-order valence-corrected chi connectivity index (χ1v) is 3.78. The Morgan fingerprint density at radius 3 is 2.93 bits per heavy atom. The molecule has 0 bridgehead atoms. The van der Waals surface area contributed by atoms with E-state index in [0.717, 1.165) is 0 Å². The second-order valence-corrected chi connectivity index (χ2v) is 2.51. The Labute approximate surface area is 78.5 Å². The highest BCUT2D eigenvalue weighted by Crippen LogP contribution is 2.01. The molecule has 0 fully saturated rings. The molecule has 74 valence electrons. The Balaban J connectivity index is 2.57. The number of nitrogens with zero attached hydrogens (tertiary/aromatic N) is 1. The van der Waals surface area contributed by atoms with Crippen LogP contribution in [-0.4, -0.2) is 23.9 Å². The van der Waals surface area contributed by atoms with Crippen molar-refractivity contribution >= 4 is 5.91 Å². The van der Waals surface area contributed by atoms with Gasteiger partial charge in [-0.3, -0.25) is 4.79 Å². The van der Waals surface area contributed by atoms with Crippen molar-refractivity contribution in [2.24, 2.45) is 0 Å². The van der Waals surface area contributed by atoms with Gasteiger partial charge in [0.2, 0.25) is 0 Å². The third-order valence-electron chi connectivity index (χ3n) is 1.47. The van der Waals surface area contributed by atoms with E-state index in [9.17, 15) is 13.6 Å². The summed E-state index contributed by atoms with van der Waals surface area (Å²) in [5.74, 6) is -0.646. The van der Waals surface area contributed by atoms with E-state index in [1.807, 2.05) is 11.4 Å². The topological polar surface area (TPSA) is 68.7 Å². The van der Waals surface area contributed by atoms with Gasteiger partial charge in [0.05, 0.1) is 12.1 Å². The molecule has 2 N–H and O–H groups in total. The largest absolute Gasteiger partial charge is 0.356 e. The molecule has 0 radical (unpaired) electrons. The lowest BCUT2D eigenvalue weighted by Crippen LogP contribution is -2.28. The molecule has 0 aliphatic rings. The SMILES string of the molecule is N#Cc1c[nH]c(C(=O)NCC(F)F)c1. The molecule has 0 aromatic carbocycles. The quantitative estimate of drug-likeness (QED) is 0.758. The molecule has 1 heterocycles. The van der Waals surface area contributed by atoms with Gasteiger partial charge in [0.25, 0.3) is 12.3 Å². The van der Waals surface area contributed by atoms with Crippen molar-refractivity contribution in [3.8, 4) is 6.07 Å². The lowest BCUT2D eigenvalue weighted by atomic mass is 10.3. The summed E-state index contributed by atoms with van der Waals surface area (Å²) >= 11 is 0. The van der Waals surface area contributed by atoms with E-state index < -0.39 is 18.9 Å². The van der Waals surface area contributed by atoms with Crippen molar-refractivity contribution in [1.82, 2.24) is 10.3 Å². The Morgan fingerprint density at radius 1 is 1.71 bits per heavy atom. The highest BCUT2D eigenvalue weighted by atomic mass is 19.3. The summed E-state index contributed by atoms with van der Waals surface area (Å²) in [4.78, 5) is 13.6. The Bertz CT molecular complexity index is 367. The molecule has 4 nitrogen and oxygen atoms in total. The molecule has 0 aliphatic carbocycles. The van der Waals surface area contributed by atoms with Crippen molar-refractivity contribution in [3.63, 3.8) is 0 Å². The normalized spacial score (nSPS) is 9.86. The van der Waals surface area contributed by atoms with Gasteiger partial charge in [0, 0.05) is 6.20 Å². The maximum atomic E-state index is 11.7. The molecule has 0 aliphatic heterocycles. The van der Waals surface area contributed by atoms with E-state index in [0.29, 0.717) is 0 Å². The molecule has 1 aromatic heterocycles. The molecule has 1 aromatic rings. The Kier molecular flexibility index (Phi) is 3.18. The summed E-state index contributed by atoms with van der Waals surface area (Å²) in [7, 11) is 0. The van der Waals surface area contributed by atoms with Gasteiger partial charge in [-0.1, -0.05) is 0 Å². The zero-order valence-corrected chi connectivity index (χ0v) is 7.05. The van der Waals surface area contributed by atoms with Crippen molar-refractivity contribution in [3.05, 3.63) is 23.5 Å². The molecular formula is C8H7F2N3O. The van der Waals surface area contributed by atoms with Gasteiger partial charge in [0.1, 0.15) is 11.8 Å². The first-order chi connectivity index (χ1) is 6.63. The van der Waals surface area contributed by atoms with Crippen LogP contribution in [0.1, 0.15) is 16.1 Å². The number of halogens is 2. The average molecular weight is 199 g/mol. The van der Waals surface area contributed by atoms with Gasteiger partial charge < -0.3 is 10.3 Å². The van der Waals surface area contributed by atoms with Crippen molar-refractivity contribution < 1.29 is 13.6 Å². The van der Waals surface area contributed by atoms with E-state index >= 15 is 0 Å². The van der Waals surface area contributed by atoms with Crippen molar-refractivity contribution in [2.45, 2.75) is 6.43 Å². The van der Waals surface area contributed by atoms with Gasteiger partial charge in [-0.15, -0.1) is 0 Å². The first kappa shape index (κ1) is 10.2. The summed E-state index contributed by atoms with van der Waals surface area (Å²) < 4.78 is 23.4. The van der Waals surface area contributed by atoms with E-state index in [2.05, 4.69) is 4.98 Å². The van der Waals surface area contributed by atoms with Gasteiger partial charge in [-0.2, -0.15) is 5.26 Å². The number of aromatic amines is 1. The summed E-state index contributed by atoms with van der Waals surface area (Å²) in [6, 6.07) is 3.10. The third-order valence-corrected chi connectivity index (χ3v) is 1.47. The van der Waals surface area contributed by atoms with Crippen LogP contribution >= 0.6 is 0 Å². The second kappa shape index (κ2) is 4.37. The number of H-pyrrole nitrogens is 1. The third kappa shape index (κ3) is 2.55. The van der Waals surface area contributed by atoms with Crippen LogP contribution < -0.4 is 5.32 Å². The fourth-order valence-electron chi connectivity index (χ4n) is 0.855. The van der Waals surface area contributed by atoms with Crippen molar-refractivity contribution in [2.75, 3.05) is 6.54 Å². The maximum Gasteiger partial charge on any atom is 0.267 e. The number of carbonyl (C=O) groups is 1. The minimum absolute atomic E-state index is 0.0993. The van der Waals surface area contributed by atoms with Gasteiger partial charge >= 0.3 is 0 Å².